The average molecular weight is 131 g/mol. The van der Waals surface area contributed by atoms with Gasteiger partial charge in [-0.3, -0.25) is 4.99 Å². The third kappa shape index (κ3) is 5.76. The van der Waals surface area contributed by atoms with Crippen LogP contribution < -0.4 is 0 Å². The van der Waals surface area contributed by atoms with Crippen LogP contribution in [-0.4, -0.2) is 6.21 Å². The first kappa shape index (κ1) is 5.89. The summed E-state index contributed by atoms with van der Waals surface area (Å²) in [5, 5.41) is 1.36. The van der Waals surface area contributed by atoms with Crippen molar-refractivity contribution in [3.05, 3.63) is 11.6 Å². The SMILES string of the molecule is [3H]C(=CS)N=CC(C)C. The van der Waals surface area contributed by atoms with E-state index in [9.17, 15) is 0 Å². The molecule has 0 aliphatic carbocycles. The normalized spacial score (nSPS) is 15.5. The fourth-order valence-corrected chi connectivity index (χ4v) is 0.292. The van der Waals surface area contributed by atoms with Gasteiger partial charge < -0.3 is 0 Å². The Morgan fingerprint density at radius 3 is 2.75 bits per heavy atom. The molecule has 0 heterocycles. The molecule has 0 aromatic carbocycles. The van der Waals surface area contributed by atoms with Gasteiger partial charge in [0, 0.05) is 12.4 Å². The number of aliphatic imine (C=N–C) groups is 1. The van der Waals surface area contributed by atoms with Gasteiger partial charge >= 0.3 is 0 Å². The predicted molar refractivity (Wildman–Crippen MR) is 41.5 cm³/mol. The predicted octanol–water partition coefficient (Wildman–Crippen LogP) is 2.11. The molecule has 0 aliphatic heterocycles. The molecule has 0 radical (unpaired) electrons. The van der Waals surface area contributed by atoms with Crippen molar-refractivity contribution in [1.82, 2.24) is 0 Å². The first-order valence-corrected chi connectivity index (χ1v) is 3.03. The van der Waals surface area contributed by atoms with Crippen LogP contribution in [0.25, 0.3) is 0 Å². The van der Waals surface area contributed by atoms with Gasteiger partial charge in [-0.2, -0.15) is 0 Å². The Balaban J connectivity index is 3.71. The molecule has 0 spiro atoms. The summed E-state index contributed by atoms with van der Waals surface area (Å²) in [7, 11) is 0. The lowest BCUT2D eigenvalue weighted by molar-refractivity contribution is 0.907. The van der Waals surface area contributed by atoms with Crippen LogP contribution in [0.3, 0.4) is 0 Å². The summed E-state index contributed by atoms with van der Waals surface area (Å²) in [5.74, 6) is 0.402. The van der Waals surface area contributed by atoms with Gasteiger partial charge in [0.1, 0.15) is 0 Å². The van der Waals surface area contributed by atoms with Crippen LogP contribution in [0.15, 0.2) is 16.6 Å². The van der Waals surface area contributed by atoms with Crippen molar-refractivity contribution in [2.75, 3.05) is 0 Å². The second kappa shape index (κ2) is 4.91. The Labute approximate surface area is 57.3 Å². The van der Waals surface area contributed by atoms with Gasteiger partial charge in [-0.05, 0) is 11.3 Å². The summed E-state index contributed by atoms with van der Waals surface area (Å²) in [6, 6.07) is 0. The van der Waals surface area contributed by atoms with E-state index in [1.54, 1.807) is 6.21 Å². The van der Waals surface area contributed by atoms with Crippen LogP contribution in [0.1, 0.15) is 15.2 Å². The Bertz CT molecular complexity index is 129. The van der Waals surface area contributed by atoms with Gasteiger partial charge in [-0.25, -0.2) is 0 Å². The minimum Gasteiger partial charge on any atom is -0.268 e. The van der Waals surface area contributed by atoms with E-state index >= 15 is 0 Å². The van der Waals surface area contributed by atoms with Crippen molar-refractivity contribution < 1.29 is 1.37 Å². The monoisotopic (exact) mass is 131 g/mol. The van der Waals surface area contributed by atoms with Crippen molar-refractivity contribution in [2.45, 2.75) is 13.8 Å². The maximum absolute atomic E-state index is 7.00. The van der Waals surface area contributed by atoms with Crippen molar-refractivity contribution in [3.8, 4) is 0 Å². The molecule has 0 aliphatic rings. The van der Waals surface area contributed by atoms with Gasteiger partial charge in [-0.15, -0.1) is 12.6 Å². The zero-order valence-corrected chi connectivity index (χ0v) is 6.02. The summed E-state index contributed by atoms with van der Waals surface area (Å²) >= 11 is 3.75. The maximum Gasteiger partial charge on any atom is 0.0845 e. The molecule has 0 aromatic rings. The van der Waals surface area contributed by atoms with Gasteiger partial charge in [-0.1, -0.05) is 13.8 Å². The molecule has 0 aromatic heterocycles. The summed E-state index contributed by atoms with van der Waals surface area (Å²) in [6.07, 6.45) is 1.92. The molecule has 0 unspecified atom stereocenters. The molecule has 0 bridgehead atoms. The van der Waals surface area contributed by atoms with E-state index in [-0.39, 0.29) is 6.18 Å². The lowest BCUT2D eigenvalue weighted by Crippen LogP contribution is -1.84. The van der Waals surface area contributed by atoms with E-state index in [2.05, 4.69) is 17.6 Å². The number of hydrogen-bond donors (Lipinski definition) is 1. The zero-order chi connectivity index (χ0) is 7.28. The van der Waals surface area contributed by atoms with E-state index in [1.807, 2.05) is 13.8 Å². The molecule has 0 rings (SSSR count). The molecule has 2 heteroatoms. The van der Waals surface area contributed by atoms with Crippen LogP contribution in [-0.2, 0) is 0 Å². The highest BCUT2D eigenvalue weighted by molar-refractivity contribution is 7.83. The standard InChI is InChI=1S/C6H11NS/c1-6(2)5-7-3-4-8/h3-6,8H,1-2H3/i3T. The molecule has 0 atom stereocenters. The van der Waals surface area contributed by atoms with E-state index in [0.717, 1.165) is 0 Å². The number of hydrogen-bond acceptors (Lipinski definition) is 2. The summed E-state index contributed by atoms with van der Waals surface area (Å²) < 4.78 is 7.00. The van der Waals surface area contributed by atoms with Crippen molar-refractivity contribution in [1.29, 1.82) is 0 Å². The summed E-state index contributed by atoms with van der Waals surface area (Å²) in [4.78, 5) is 3.77. The number of nitrogens with zero attached hydrogens (tertiary/aromatic N) is 1. The molecule has 0 amide bonds. The minimum absolute atomic E-state index is 0.201. The molecular formula is C6H11NS. The zero-order valence-electron chi connectivity index (χ0n) is 6.13. The Kier molecular flexibility index (Phi) is 3.61. The Hall–Kier alpha value is -0.240. The van der Waals surface area contributed by atoms with E-state index in [0.29, 0.717) is 5.92 Å². The fraction of sp³-hybridized carbons (Fsp3) is 0.500. The first-order valence-electron chi connectivity index (χ1n) is 3.02. The lowest BCUT2D eigenvalue weighted by Gasteiger charge is -1.86. The third-order valence-electron chi connectivity index (χ3n) is 0.505. The van der Waals surface area contributed by atoms with Crippen LogP contribution >= 0.6 is 12.6 Å². The summed E-state index contributed by atoms with van der Waals surface area (Å²) in [6.45, 7) is 4.02. The third-order valence-corrected chi connectivity index (χ3v) is 0.620. The second-order valence-electron chi connectivity index (χ2n) is 1.78. The van der Waals surface area contributed by atoms with Gasteiger partial charge in [0.2, 0.25) is 0 Å². The lowest BCUT2D eigenvalue weighted by atomic mass is 10.3. The highest BCUT2D eigenvalue weighted by atomic mass is 32.1. The molecule has 1 nitrogen and oxygen atoms in total. The minimum atomic E-state index is 0.201. The highest BCUT2D eigenvalue weighted by Crippen LogP contribution is 1.85. The highest BCUT2D eigenvalue weighted by Gasteiger charge is 1.79. The van der Waals surface area contributed by atoms with E-state index in [1.165, 1.54) is 5.41 Å². The van der Waals surface area contributed by atoms with E-state index < -0.39 is 0 Å². The van der Waals surface area contributed by atoms with Crippen molar-refractivity contribution in [2.24, 2.45) is 10.9 Å². The Morgan fingerprint density at radius 1 is 1.75 bits per heavy atom. The van der Waals surface area contributed by atoms with Crippen LogP contribution in [0.5, 0.6) is 0 Å². The van der Waals surface area contributed by atoms with Crippen LogP contribution in [0.4, 0.5) is 0 Å². The molecule has 0 saturated heterocycles. The topological polar surface area (TPSA) is 12.4 Å². The Morgan fingerprint density at radius 2 is 2.38 bits per heavy atom. The molecule has 46 valence electrons. The quantitative estimate of drug-likeness (QED) is 0.435. The largest absolute Gasteiger partial charge is 0.268 e. The van der Waals surface area contributed by atoms with E-state index in [4.69, 9.17) is 1.37 Å². The van der Waals surface area contributed by atoms with Crippen LogP contribution in [0, 0.1) is 5.92 Å². The average Bonchev–Trinajstić information content (AvgIpc) is 1.83. The molecule has 0 fully saturated rings. The molecule has 0 N–H and O–H groups in total. The summed E-state index contributed by atoms with van der Waals surface area (Å²) in [5.41, 5.74) is 0. The van der Waals surface area contributed by atoms with Crippen molar-refractivity contribution in [3.63, 3.8) is 0 Å². The maximum atomic E-state index is 7.00. The second-order valence-corrected chi connectivity index (χ2v) is 2.04. The number of rotatable bonds is 2. The van der Waals surface area contributed by atoms with Crippen molar-refractivity contribution >= 4 is 18.8 Å². The fourth-order valence-electron chi connectivity index (χ4n) is 0.225. The van der Waals surface area contributed by atoms with Gasteiger partial charge in [0.05, 0.1) is 1.37 Å². The smallest absolute Gasteiger partial charge is 0.0845 e. The molecule has 8 heavy (non-hydrogen) atoms. The van der Waals surface area contributed by atoms with Gasteiger partial charge in [0.25, 0.3) is 0 Å². The molecule has 0 saturated carbocycles. The first-order chi connectivity index (χ1) is 4.16. The number of thiol groups is 1. The van der Waals surface area contributed by atoms with Gasteiger partial charge in [0.15, 0.2) is 0 Å². The van der Waals surface area contributed by atoms with Crippen LogP contribution in [0.2, 0.25) is 0 Å². The molecular weight excluding hydrogens is 118 g/mol.